The van der Waals surface area contributed by atoms with Crippen molar-refractivity contribution in [3.8, 4) is 11.1 Å². The summed E-state index contributed by atoms with van der Waals surface area (Å²) in [5.74, 6) is -1.74. The van der Waals surface area contributed by atoms with E-state index in [2.05, 4.69) is 4.98 Å². The van der Waals surface area contributed by atoms with E-state index in [0.717, 1.165) is 16.7 Å². The summed E-state index contributed by atoms with van der Waals surface area (Å²) in [4.78, 5) is 26.0. The van der Waals surface area contributed by atoms with Crippen LogP contribution in [0.5, 0.6) is 0 Å². The number of benzene rings is 1. The van der Waals surface area contributed by atoms with E-state index in [0.29, 0.717) is 12.0 Å². The van der Waals surface area contributed by atoms with Gasteiger partial charge in [0, 0.05) is 17.3 Å². The number of H-pyrrole nitrogens is 1. The standard InChI is InChI=1S/C16H17NO3/c1-3-12(16(19)20)14-10(2)13(9-17-15(14)18)11-7-5-4-6-8-11/h4-9,12H,3H2,1-2H3,(H,17,18)(H,19,20). The Hall–Kier alpha value is -2.36. The van der Waals surface area contributed by atoms with Gasteiger partial charge in [-0.25, -0.2) is 0 Å². The first-order chi connectivity index (χ1) is 9.56. The SMILES string of the molecule is CCC(C(=O)O)c1c(C)c(-c2ccccc2)c[nH]c1=O. The molecule has 104 valence electrons. The first-order valence-electron chi connectivity index (χ1n) is 6.56. The molecule has 0 saturated carbocycles. The third kappa shape index (κ3) is 2.50. The van der Waals surface area contributed by atoms with E-state index in [1.54, 1.807) is 20.0 Å². The van der Waals surface area contributed by atoms with E-state index in [4.69, 9.17) is 0 Å². The molecule has 0 spiro atoms. The monoisotopic (exact) mass is 271 g/mol. The van der Waals surface area contributed by atoms with Crippen molar-refractivity contribution in [3.05, 3.63) is 58.0 Å². The van der Waals surface area contributed by atoms with Crippen LogP contribution in [0.25, 0.3) is 11.1 Å². The highest BCUT2D eigenvalue weighted by Gasteiger charge is 2.24. The number of hydrogen-bond acceptors (Lipinski definition) is 2. The fraction of sp³-hybridized carbons (Fsp3) is 0.250. The third-order valence-electron chi connectivity index (χ3n) is 3.54. The minimum absolute atomic E-state index is 0.323. The first kappa shape index (κ1) is 14.1. The van der Waals surface area contributed by atoms with Crippen LogP contribution in [0.15, 0.2) is 41.3 Å². The van der Waals surface area contributed by atoms with Gasteiger partial charge in [0.25, 0.3) is 5.56 Å². The molecule has 4 heteroatoms. The number of aliphatic carboxylic acids is 1. The van der Waals surface area contributed by atoms with Gasteiger partial charge in [-0.15, -0.1) is 0 Å². The van der Waals surface area contributed by atoms with Crippen molar-refractivity contribution in [2.75, 3.05) is 0 Å². The van der Waals surface area contributed by atoms with Crippen molar-refractivity contribution < 1.29 is 9.90 Å². The number of aromatic nitrogens is 1. The Bertz CT molecular complexity index is 674. The average Bonchev–Trinajstić information content (AvgIpc) is 2.44. The van der Waals surface area contributed by atoms with Crippen molar-refractivity contribution in [2.45, 2.75) is 26.2 Å². The molecule has 0 aliphatic rings. The summed E-state index contributed by atoms with van der Waals surface area (Å²) in [6.45, 7) is 3.57. The van der Waals surface area contributed by atoms with Gasteiger partial charge in [-0.2, -0.15) is 0 Å². The highest BCUT2D eigenvalue weighted by Crippen LogP contribution is 2.28. The van der Waals surface area contributed by atoms with Gasteiger partial charge in [-0.05, 0) is 24.5 Å². The molecular formula is C16H17NO3. The average molecular weight is 271 g/mol. The first-order valence-corrected chi connectivity index (χ1v) is 6.56. The molecule has 1 heterocycles. The highest BCUT2D eigenvalue weighted by molar-refractivity contribution is 5.78. The quantitative estimate of drug-likeness (QED) is 0.898. The minimum Gasteiger partial charge on any atom is -0.481 e. The third-order valence-corrected chi connectivity index (χ3v) is 3.54. The van der Waals surface area contributed by atoms with Crippen molar-refractivity contribution in [1.82, 2.24) is 4.98 Å². The Balaban J connectivity index is 2.65. The lowest BCUT2D eigenvalue weighted by molar-refractivity contribution is -0.138. The molecule has 20 heavy (non-hydrogen) atoms. The number of nitrogens with one attached hydrogen (secondary N) is 1. The summed E-state index contributed by atoms with van der Waals surface area (Å²) in [5.41, 5.74) is 2.58. The second-order valence-electron chi connectivity index (χ2n) is 4.74. The number of hydrogen-bond donors (Lipinski definition) is 2. The van der Waals surface area contributed by atoms with Gasteiger partial charge < -0.3 is 10.1 Å². The lowest BCUT2D eigenvalue weighted by atomic mass is 9.90. The van der Waals surface area contributed by atoms with Crippen LogP contribution in [-0.4, -0.2) is 16.1 Å². The van der Waals surface area contributed by atoms with E-state index in [9.17, 15) is 14.7 Å². The predicted molar refractivity (Wildman–Crippen MR) is 77.9 cm³/mol. The van der Waals surface area contributed by atoms with Crippen LogP contribution in [-0.2, 0) is 4.79 Å². The molecule has 0 radical (unpaired) electrons. The molecule has 4 nitrogen and oxygen atoms in total. The van der Waals surface area contributed by atoms with Crippen LogP contribution in [0.4, 0.5) is 0 Å². The molecule has 0 aliphatic carbocycles. The maximum Gasteiger partial charge on any atom is 0.311 e. The van der Waals surface area contributed by atoms with Gasteiger partial charge >= 0.3 is 5.97 Å². The van der Waals surface area contributed by atoms with Gasteiger partial charge in [-0.3, -0.25) is 9.59 Å². The van der Waals surface area contributed by atoms with E-state index in [1.807, 2.05) is 30.3 Å². The van der Waals surface area contributed by atoms with E-state index in [-0.39, 0.29) is 5.56 Å². The lowest BCUT2D eigenvalue weighted by Gasteiger charge is -2.15. The highest BCUT2D eigenvalue weighted by atomic mass is 16.4. The maximum absolute atomic E-state index is 12.0. The maximum atomic E-state index is 12.0. The molecule has 1 aromatic carbocycles. The van der Waals surface area contributed by atoms with E-state index >= 15 is 0 Å². The summed E-state index contributed by atoms with van der Waals surface area (Å²) >= 11 is 0. The zero-order chi connectivity index (χ0) is 14.7. The fourth-order valence-corrected chi connectivity index (χ4v) is 2.48. The van der Waals surface area contributed by atoms with Gasteiger partial charge in [-0.1, -0.05) is 37.3 Å². The Labute approximate surface area is 117 Å². The fourth-order valence-electron chi connectivity index (χ4n) is 2.48. The molecule has 2 aromatic rings. The number of carboxylic acids is 1. The Morgan fingerprint density at radius 2 is 1.95 bits per heavy atom. The van der Waals surface area contributed by atoms with Crippen molar-refractivity contribution in [2.24, 2.45) is 0 Å². The smallest absolute Gasteiger partial charge is 0.311 e. The van der Waals surface area contributed by atoms with Gasteiger partial charge in [0.05, 0.1) is 5.92 Å². The predicted octanol–water partition coefficient (Wildman–Crippen LogP) is 2.93. The van der Waals surface area contributed by atoms with Crippen molar-refractivity contribution in [3.63, 3.8) is 0 Å². The van der Waals surface area contributed by atoms with Crippen LogP contribution < -0.4 is 5.56 Å². The topological polar surface area (TPSA) is 70.2 Å². The van der Waals surface area contributed by atoms with Crippen LogP contribution in [0, 0.1) is 6.92 Å². The van der Waals surface area contributed by atoms with Gasteiger partial charge in [0.1, 0.15) is 0 Å². The number of carboxylic acid groups (broad SMARTS) is 1. The van der Waals surface area contributed by atoms with E-state index in [1.165, 1.54) is 0 Å². The molecular weight excluding hydrogens is 254 g/mol. The molecule has 0 bridgehead atoms. The molecule has 0 aliphatic heterocycles. The molecule has 0 saturated heterocycles. The summed E-state index contributed by atoms with van der Waals surface area (Å²) < 4.78 is 0. The van der Waals surface area contributed by atoms with Crippen molar-refractivity contribution in [1.29, 1.82) is 0 Å². The van der Waals surface area contributed by atoms with Crippen LogP contribution in [0.2, 0.25) is 0 Å². The van der Waals surface area contributed by atoms with Crippen LogP contribution in [0.3, 0.4) is 0 Å². The number of rotatable bonds is 4. The summed E-state index contributed by atoms with van der Waals surface area (Å²) in [5, 5.41) is 9.28. The summed E-state index contributed by atoms with van der Waals surface area (Å²) in [6.07, 6.45) is 2.03. The molecule has 2 N–H and O–H groups in total. The molecule has 1 atom stereocenters. The number of pyridine rings is 1. The normalized spacial score (nSPS) is 12.1. The second-order valence-corrected chi connectivity index (χ2v) is 4.74. The van der Waals surface area contributed by atoms with Crippen LogP contribution in [0.1, 0.15) is 30.4 Å². The summed E-state index contributed by atoms with van der Waals surface area (Å²) in [7, 11) is 0. The second kappa shape index (κ2) is 5.74. The Kier molecular flexibility index (Phi) is 4.03. The Morgan fingerprint density at radius 3 is 2.50 bits per heavy atom. The van der Waals surface area contributed by atoms with E-state index < -0.39 is 11.9 Å². The molecule has 2 rings (SSSR count). The molecule has 0 fully saturated rings. The van der Waals surface area contributed by atoms with Gasteiger partial charge in [0.15, 0.2) is 0 Å². The minimum atomic E-state index is -0.966. The number of aromatic amines is 1. The molecule has 0 amide bonds. The zero-order valence-corrected chi connectivity index (χ0v) is 11.5. The lowest BCUT2D eigenvalue weighted by Crippen LogP contribution is -2.23. The zero-order valence-electron chi connectivity index (χ0n) is 11.5. The molecule has 1 aromatic heterocycles. The summed E-state index contributed by atoms with van der Waals surface area (Å²) in [6, 6.07) is 9.61. The Morgan fingerprint density at radius 1 is 1.30 bits per heavy atom. The largest absolute Gasteiger partial charge is 0.481 e. The number of carbonyl (C=O) groups is 1. The van der Waals surface area contributed by atoms with Gasteiger partial charge in [0.2, 0.25) is 0 Å². The van der Waals surface area contributed by atoms with Crippen molar-refractivity contribution >= 4 is 5.97 Å². The molecule has 1 unspecified atom stereocenters. The van der Waals surface area contributed by atoms with Crippen LogP contribution >= 0.6 is 0 Å².